The van der Waals surface area contributed by atoms with Crippen molar-refractivity contribution in [3.8, 4) is 0 Å². The molecule has 1 saturated heterocycles. The number of anilines is 1. The Hall–Kier alpha value is -2.36. The van der Waals surface area contributed by atoms with Crippen molar-refractivity contribution in [2.75, 3.05) is 44.3 Å². The lowest BCUT2D eigenvalue weighted by atomic mass is 10.3. The fraction of sp³-hybridized carbons (Fsp3) is 0.476. The van der Waals surface area contributed by atoms with Crippen LogP contribution < -0.4 is 4.90 Å². The van der Waals surface area contributed by atoms with Crippen LogP contribution in [0.3, 0.4) is 0 Å². The van der Waals surface area contributed by atoms with Gasteiger partial charge in [-0.2, -0.15) is 5.10 Å². The van der Waals surface area contributed by atoms with Crippen molar-refractivity contribution >= 4 is 32.6 Å². The number of para-hydroxylation sites is 1. The first-order valence-electron chi connectivity index (χ1n) is 10.3. The van der Waals surface area contributed by atoms with Gasteiger partial charge < -0.3 is 4.74 Å². The van der Waals surface area contributed by atoms with E-state index in [0.29, 0.717) is 29.4 Å². The van der Waals surface area contributed by atoms with Crippen LogP contribution in [0.2, 0.25) is 0 Å². The number of fused-ring (bicyclic) bond motifs is 1. The monoisotopic (exact) mass is 431 g/mol. The molecule has 1 aliphatic heterocycles. The minimum Gasteiger partial charge on any atom is -0.379 e. The van der Waals surface area contributed by atoms with E-state index in [1.165, 1.54) is 17.4 Å². The highest BCUT2D eigenvalue weighted by Crippen LogP contribution is 2.31. The normalized spacial score (nSPS) is 15.0. The third-order valence-corrected chi connectivity index (χ3v) is 6.26. The molecule has 7 nitrogen and oxygen atoms in total. The van der Waals surface area contributed by atoms with Gasteiger partial charge in [-0.1, -0.05) is 17.4 Å². The van der Waals surface area contributed by atoms with Crippen molar-refractivity contribution in [2.24, 2.45) is 0 Å². The van der Waals surface area contributed by atoms with E-state index in [9.17, 15) is 9.18 Å². The SMILES string of the molecule is CCn1nc(C)cc1C(=O)N(CCCN1CCOCC1)c1nc2c(F)cccc2s1. The van der Waals surface area contributed by atoms with Crippen molar-refractivity contribution in [2.45, 2.75) is 26.8 Å². The van der Waals surface area contributed by atoms with Gasteiger partial charge in [-0.3, -0.25) is 19.3 Å². The van der Waals surface area contributed by atoms with Crippen LogP contribution in [0.5, 0.6) is 0 Å². The molecule has 0 aliphatic carbocycles. The molecule has 0 bridgehead atoms. The number of morpholine rings is 1. The van der Waals surface area contributed by atoms with Crippen LogP contribution in [0, 0.1) is 12.7 Å². The van der Waals surface area contributed by atoms with Gasteiger partial charge in [0.1, 0.15) is 17.0 Å². The molecule has 1 aromatic carbocycles. The number of thiazole rings is 1. The second-order valence-corrected chi connectivity index (χ2v) is 8.34. The Bertz CT molecular complexity index is 1030. The highest BCUT2D eigenvalue weighted by Gasteiger charge is 2.25. The largest absolute Gasteiger partial charge is 0.379 e. The predicted octanol–water partition coefficient (Wildman–Crippen LogP) is 3.33. The number of aryl methyl sites for hydroxylation is 2. The molecule has 30 heavy (non-hydrogen) atoms. The number of aromatic nitrogens is 3. The lowest BCUT2D eigenvalue weighted by Gasteiger charge is -2.27. The first-order valence-corrected chi connectivity index (χ1v) is 11.1. The third-order valence-electron chi connectivity index (χ3n) is 5.22. The standard InChI is InChI=1S/C21H26FN5O2S/c1-3-27-17(14-15(2)24-27)20(28)26(9-5-8-25-10-12-29-13-11-25)21-23-19-16(22)6-4-7-18(19)30-21/h4,6-7,14H,3,5,8-13H2,1-2H3. The average Bonchev–Trinajstić information content (AvgIpc) is 3.35. The molecular weight excluding hydrogens is 405 g/mol. The Morgan fingerprint density at radius 2 is 2.13 bits per heavy atom. The van der Waals surface area contributed by atoms with Crippen molar-refractivity contribution < 1.29 is 13.9 Å². The summed E-state index contributed by atoms with van der Waals surface area (Å²) in [5.74, 6) is -0.524. The molecule has 160 valence electrons. The first-order chi connectivity index (χ1) is 14.6. The van der Waals surface area contributed by atoms with Crippen LogP contribution in [0.15, 0.2) is 24.3 Å². The Morgan fingerprint density at radius 3 is 2.87 bits per heavy atom. The van der Waals surface area contributed by atoms with Gasteiger partial charge in [0.2, 0.25) is 0 Å². The minimum absolute atomic E-state index is 0.154. The molecule has 0 unspecified atom stereocenters. The van der Waals surface area contributed by atoms with Gasteiger partial charge in [-0.05, 0) is 38.5 Å². The van der Waals surface area contributed by atoms with Crippen LogP contribution >= 0.6 is 11.3 Å². The lowest BCUT2D eigenvalue weighted by Crippen LogP contribution is -2.39. The molecule has 3 heterocycles. The predicted molar refractivity (Wildman–Crippen MR) is 116 cm³/mol. The van der Waals surface area contributed by atoms with E-state index in [1.807, 2.05) is 19.9 Å². The zero-order chi connectivity index (χ0) is 21.1. The number of benzene rings is 1. The molecule has 4 rings (SSSR count). The van der Waals surface area contributed by atoms with Gasteiger partial charge in [0.15, 0.2) is 5.13 Å². The molecule has 1 fully saturated rings. The zero-order valence-corrected chi connectivity index (χ0v) is 18.1. The summed E-state index contributed by atoms with van der Waals surface area (Å²) >= 11 is 1.34. The minimum atomic E-state index is -0.370. The highest BCUT2D eigenvalue weighted by atomic mass is 32.1. The molecule has 3 aromatic rings. The van der Waals surface area contributed by atoms with Crippen LogP contribution in [0.25, 0.3) is 10.2 Å². The van der Waals surface area contributed by atoms with E-state index in [4.69, 9.17) is 4.74 Å². The molecule has 1 aliphatic rings. The Labute approximate surface area is 179 Å². The molecule has 0 N–H and O–H groups in total. The quantitative estimate of drug-likeness (QED) is 0.574. The smallest absolute Gasteiger partial charge is 0.278 e. The van der Waals surface area contributed by atoms with E-state index in [1.54, 1.807) is 21.7 Å². The summed E-state index contributed by atoms with van der Waals surface area (Å²) in [5, 5.41) is 4.92. The number of ether oxygens (including phenoxy) is 1. The van der Waals surface area contributed by atoms with E-state index in [0.717, 1.165) is 49.7 Å². The summed E-state index contributed by atoms with van der Waals surface area (Å²) in [4.78, 5) is 22.0. The van der Waals surface area contributed by atoms with Gasteiger partial charge in [0.25, 0.3) is 5.91 Å². The van der Waals surface area contributed by atoms with Gasteiger partial charge in [0.05, 0.1) is 23.6 Å². The number of halogens is 1. The average molecular weight is 432 g/mol. The topological polar surface area (TPSA) is 63.5 Å². The van der Waals surface area contributed by atoms with Crippen molar-refractivity contribution in [3.63, 3.8) is 0 Å². The molecule has 2 aromatic heterocycles. The summed E-state index contributed by atoms with van der Waals surface area (Å²) in [6.07, 6.45) is 0.795. The van der Waals surface area contributed by atoms with Gasteiger partial charge in [-0.25, -0.2) is 9.37 Å². The van der Waals surface area contributed by atoms with E-state index in [-0.39, 0.29) is 11.7 Å². The second kappa shape index (κ2) is 9.20. The molecule has 0 spiro atoms. The van der Waals surface area contributed by atoms with Crippen LogP contribution in [-0.2, 0) is 11.3 Å². The fourth-order valence-corrected chi connectivity index (χ4v) is 4.68. The van der Waals surface area contributed by atoms with Crippen molar-refractivity contribution in [3.05, 3.63) is 41.5 Å². The summed E-state index contributed by atoms with van der Waals surface area (Å²) < 4.78 is 22.1. The van der Waals surface area contributed by atoms with Gasteiger partial charge in [0, 0.05) is 32.7 Å². The van der Waals surface area contributed by atoms with E-state index >= 15 is 0 Å². The number of carbonyl (C=O) groups is 1. The first kappa shape index (κ1) is 20.9. The molecule has 9 heteroatoms. The molecule has 0 radical (unpaired) electrons. The Morgan fingerprint density at radius 1 is 1.33 bits per heavy atom. The van der Waals surface area contributed by atoms with E-state index < -0.39 is 0 Å². The lowest BCUT2D eigenvalue weighted by molar-refractivity contribution is 0.0376. The maximum absolute atomic E-state index is 14.2. The van der Waals surface area contributed by atoms with Crippen molar-refractivity contribution in [1.29, 1.82) is 0 Å². The fourth-order valence-electron chi connectivity index (χ4n) is 3.68. The van der Waals surface area contributed by atoms with Crippen LogP contribution in [0.4, 0.5) is 9.52 Å². The number of rotatable bonds is 7. The van der Waals surface area contributed by atoms with Gasteiger partial charge >= 0.3 is 0 Å². The van der Waals surface area contributed by atoms with Crippen LogP contribution in [0.1, 0.15) is 29.5 Å². The summed E-state index contributed by atoms with van der Waals surface area (Å²) in [6, 6.07) is 6.69. The number of nitrogens with zero attached hydrogens (tertiary/aromatic N) is 5. The third kappa shape index (κ3) is 4.38. The zero-order valence-electron chi connectivity index (χ0n) is 17.3. The molecular formula is C21H26FN5O2S. The summed E-state index contributed by atoms with van der Waals surface area (Å²) in [5.41, 5.74) is 1.63. The number of hydrogen-bond acceptors (Lipinski definition) is 6. The maximum atomic E-state index is 14.2. The van der Waals surface area contributed by atoms with E-state index in [2.05, 4.69) is 15.0 Å². The Balaban J connectivity index is 1.61. The molecule has 1 amide bonds. The summed E-state index contributed by atoms with van der Waals surface area (Å²) in [6.45, 7) is 9.11. The molecule has 0 saturated carbocycles. The second-order valence-electron chi connectivity index (χ2n) is 7.33. The maximum Gasteiger partial charge on any atom is 0.278 e. The number of hydrogen-bond donors (Lipinski definition) is 0. The Kier molecular flexibility index (Phi) is 6.40. The highest BCUT2D eigenvalue weighted by molar-refractivity contribution is 7.22. The summed E-state index contributed by atoms with van der Waals surface area (Å²) in [7, 11) is 0. The van der Waals surface area contributed by atoms with Gasteiger partial charge in [-0.15, -0.1) is 0 Å². The molecule has 0 atom stereocenters. The number of amides is 1. The number of carbonyl (C=O) groups excluding carboxylic acids is 1. The van der Waals surface area contributed by atoms with Crippen molar-refractivity contribution in [1.82, 2.24) is 19.7 Å². The van der Waals surface area contributed by atoms with Crippen LogP contribution in [-0.4, -0.2) is 65.0 Å².